The van der Waals surface area contributed by atoms with Crippen molar-refractivity contribution < 1.29 is 8.42 Å². The lowest BCUT2D eigenvalue weighted by atomic mass is 10.2. The van der Waals surface area contributed by atoms with Crippen molar-refractivity contribution in [2.75, 3.05) is 28.5 Å². The summed E-state index contributed by atoms with van der Waals surface area (Å²) in [6.07, 6.45) is 1.46. The molecular weight excluding hydrogens is 236 g/mol. The molecule has 1 heterocycles. The Morgan fingerprint density at radius 1 is 1.35 bits per heavy atom. The minimum atomic E-state index is -3.17. The Morgan fingerprint density at radius 3 is 2.88 bits per heavy atom. The van der Waals surface area contributed by atoms with E-state index in [1.54, 1.807) is 0 Å². The fourth-order valence-corrected chi connectivity index (χ4v) is 3.69. The number of anilines is 2. The Bertz CT molecular complexity index is 485. The highest BCUT2D eigenvalue weighted by Gasteiger charge is 2.25. The highest BCUT2D eigenvalue weighted by molar-refractivity contribution is 7.92. The summed E-state index contributed by atoms with van der Waals surface area (Å²) in [5, 5.41) is 3.29. The van der Waals surface area contributed by atoms with E-state index in [1.807, 2.05) is 31.2 Å². The Balaban J connectivity index is 2.49. The largest absolute Gasteiger partial charge is 0.383 e. The predicted molar refractivity (Wildman–Crippen MR) is 71.0 cm³/mol. The molecule has 1 aliphatic rings. The van der Waals surface area contributed by atoms with Gasteiger partial charge in [0.1, 0.15) is 0 Å². The number of para-hydroxylation sites is 2. The predicted octanol–water partition coefficient (Wildman–Crippen LogP) is 2.05. The summed E-state index contributed by atoms with van der Waals surface area (Å²) in [7, 11) is -3.17. The van der Waals surface area contributed by atoms with Crippen molar-refractivity contribution in [2.45, 2.75) is 19.8 Å². The van der Waals surface area contributed by atoms with Crippen LogP contribution in [0.3, 0.4) is 0 Å². The summed E-state index contributed by atoms with van der Waals surface area (Å²) < 4.78 is 25.9. The lowest BCUT2D eigenvalue weighted by Gasteiger charge is -2.28. The van der Waals surface area contributed by atoms with Crippen molar-refractivity contribution in [3.63, 3.8) is 0 Å². The van der Waals surface area contributed by atoms with Crippen molar-refractivity contribution in [1.82, 2.24) is 0 Å². The fraction of sp³-hybridized carbons (Fsp3) is 0.500. The van der Waals surface area contributed by atoms with Crippen LogP contribution in [0.4, 0.5) is 11.4 Å². The standard InChI is InChI=1S/C12H18N2O2S/c1-2-9-14-12-7-4-3-6-11(12)13-8-5-10-17(14,15)16/h3-4,6-7,13H,2,5,8-10H2,1H3. The zero-order chi connectivity index (χ0) is 12.3. The van der Waals surface area contributed by atoms with Crippen LogP contribution in [-0.4, -0.2) is 27.3 Å². The molecule has 1 N–H and O–H groups in total. The van der Waals surface area contributed by atoms with E-state index in [2.05, 4.69) is 5.32 Å². The van der Waals surface area contributed by atoms with Gasteiger partial charge in [-0.05, 0) is 25.0 Å². The van der Waals surface area contributed by atoms with Crippen LogP contribution in [0.2, 0.25) is 0 Å². The molecule has 0 bridgehead atoms. The maximum atomic E-state index is 12.2. The highest BCUT2D eigenvalue weighted by atomic mass is 32.2. The molecule has 0 radical (unpaired) electrons. The van der Waals surface area contributed by atoms with Crippen molar-refractivity contribution in [2.24, 2.45) is 0 Å². The lowest BCUT2D eigenvalue weighted by molar-refractivity contribution is 0.587. The van der Waals surface area contributed by atoms with Gasteiger partial charge in [-0.1, -0.05) is 19.1 Å². The number of rotatable bonds is 2. The second-order valence-corrected chi connectivity index (χ2v) is 6.20. The Labute approximate surface area is 103 Å². The van der Waals surface area contributed by atoms with Crippen LogP contribution in [0.25, 0.3) is 0 Å². The Kier molecular flexibility index (Phi) is 3.57. The van der Waals surface area contributed by atoms with Crippen LogP contribution >= 0.6 is 0 Å². The lowest BCUT2D eigenvalue weighted by Crippen LogP contribution is -2.36. The molecule has 0 aliphatic carbocycles. The third kappa shape index (κ3) is 2.54. The molecule has 0 saturated carbocycles. The normalized spacial score (nSPS) is 18.8. The first-order chi connectivity index (χ1) is 8.15. The van der Waals surface area contributed by atoms with Gasteiger partial charge in [-0.25, -0.2) is 8.42 Å². The second-order valence-electron chi connectivity index (χ2n) is 4.19. The van der Waals surface area contributed by atoms with Gasteiger partial charge < -0.3 is 5.32 Å². The van der Waals surface area contributed by atoms with Gasteiger partial charge in [-0.15, -0.1) is 0 Å². The summed E-state index contributed by atoms with van der Waals surface area (Å²) in [6, 6.07) is 7.59. The van der Waals surface area contributed by atoms with Crippen molar-refractivity contribution >= 4 is 21.4 Å². The molecule has 0 fully saturated rings. The van der Waals surface area contributed by atoms with E-state index in [1.165, 1.54) is 4.31 Å². The molecular formula is C12H18N2O2S. The van der Waals surface area contributed by atoms with E-state index in [0.29, 0.717) is 19.5 Å². The summed E-state index contributed by atoms with van der Waals surface area (Å²) >= 11 is 0. The van der Waals surface area contributed by atoms with Crippen LogP contribution in [0, 0.1) is 0 Å². The zero-order valence-electron chi connectivity index (χ0n) is 10.0. The molecule has 1 aromatic rings. The topological polar surface area (TPSA) is 49.4 Å². The number of sulfonamides is 1. The summed E-state index contributed by atoms with van der Waals surface area (Å²) in [4.78, 5) is 0. The molecule has 4 nitrogen and oxygen atoms in total. The third-order valence-corrected chi connectivity index (χ3v) is 4.69. The monoisotopic (exact) mass is 254 g/mol. The molecule has 0 atom stereocenters. The van der Waals surface area contributed by atoms with E-state index in [4.69, 9.17) is 0 Å². The number of fused-ring (bicyclic) bond motifs is 1. The van der Waals surface area contributed by atoms with E-state index >= 15 is 0 Å². The number of hydrogen-bond acceptors (Lipinski definition) is 3. The number of nitrogens with zero attached hydrogens (tertiary/aromatic N) is 1. The van der Waals surface area contributed by atoms with Gasteiger partial charge in [0, 0.05) is 13.1 Å². The van der Waals surface area contributed by atoms with E-state index in [0.717, 1.165) is 17.8 Å². The number of benzene rings is 1. The summed E-state index contributed by atoms with van der Waals surface area (Å²) in [5.41, 5.74) is 1.68. The van der Waals surface area contributed by atoms with Gasteiger partial charge in [-0.3, -0.25) is 4.31 Å². The smallest absolute Gasteiger partial charge is 0.235 e. The van der Waals surface area contributed by atoms with Gasteiger partial charge in [0.15, 0.2) is 0 Å². The second kappa shape index (κ2) is 4.96. The van der Waals surface area contributed by atoms with Gasteiger partial charge in [-0.2, -0.15) is 0 Å². The van der Waals surface area contributed by atoms with Gasteiger partial charge in [0.25, 0.3) is 0 Å². The summed E-state index contributed by atoms with van der Waals surface area (Å²) in [6.45, 7) is 3.24. The van der Waals surface area contributed by atoms with Crippen molar-refractivity contribution in [3.05, 3.63) is 24.3 Å². The molecule has 0 saturated heterocycles. The minimum absolute atomic E-state index is 0.217. The van der Waals surface area contributed by atoms with Crippen molar-refractivity contribution in [1.29, 1.82) is 0 Å². The SMILES string of the molecule is CCCN1c2ccccc2NCCCS1(=O)=O. The molecule has 2 rings (SSSR count). The average molecular weight is 254 g/mol. The highest BCUT2D eigenvalue weighted by Crippen LogP contribution is 2.29. The molecule has 0 aromatic heterocycles. The van der Waals surface area contributed by atoms with Crippen LogP contribution < -0.4 is 9.62 Å². The third-order valence-electron chi connectivity index (χ3n) is 2.83. The molecule has 0 spiro atoms. The molecule has 1 aliphatic heterocycles. The molecule has 1 aromatic carbocycles. The van der Waals surface area contributed by atoms with Gasteiger partial charge in [0.05, 0.1) is 17.1 Å². The first-order valence-electron chi connectivity index (χ1n) is 5.98. The van der Waals surface area contributed by atoms with E-state index in [9.17, 15) is 8.42 Å². The molecule has 0 unspecified atom stereocenters. The molecule has 94 valence electrons. The number of nitrogens with one attached hydrogen (secondary N) is 1. The summed E-state index contributed by atoms with van der Waals surface area (Å²) in [5.74, 6) is 0.217. The molecule has 5 heteroatoms. The van der Waals surface area contributed by atoms with Crippen LogP contribution in [-0.2, 0) is 10.0 Å². The molecule has 0 amide bonds. The zero-order valence-corrected chi connectivity index (χ0v) is 10.8. The van der Waals surface area contributed by atoms with Crippen LogP contribution in [0.1, 0.15) is 19.8 Å². The fourth-order valence-electron chi connectivity index (χ4n) is 2.04. The van der Waals surface area contributed by atoms with Gasteiger partial charge >= 0.3 is 0 Å². The Morgan fingerprint density at radius 2 is 2.12 bits per heavy atom. The van der Waals surface area contributed by atoms with Crippen LogP contribution in [0.5, 0.6) is 0 Å². The van der Waals surface area contributed by atoms with Crippen LogP contribution in [0.15, 0.2) is 24.3 Å². The maximum Gasteiger partial charge on any atom is 0.235 e. The van der Waals surface area contributed by atoms with E-state index < -0.39 is 10.0 Å². The molecule has 17 heavy (non-hydrogen) atoms. The van der Waals surface area contributed by atoms with Gasteiger partial charge in [0.2, 0.25) is 10.0 Å². The Hall–Kier alpha value is -1.23. The van der Waals surface area contributed by atoms with E-state index in [-0.39, 0.29) is 5.75 Å². The quantitative estimate of drug-likeness (QED) is 0.878. The first kappa shape index (κ1) is 12.2. The van der Waals surface area contributed by atoms with Crippen molar-refractivity contribution in [3.8, 4) is 0 Å². The number of hydrogen-bond donors (Lipinski definition) is 1. The minimum Gasteiger partial charge on any atom is -0.383 e. The average Bonchev–Trinajstić information content (AvgIpc) is 2.31. The maximum absolute atomic E-state index is 12.2. The first-order valence-corrected chi connectivity index (χ1v) is 7.59.